The summed E-state index contributed by atoms with van der Waals surface area (Å²) < 4.78 is 0. The van der Waals surface area contributed by atoms with Crippen LogP contribution in [0.15, 0.2) is 58.4 Å². The van der Waals surface area contributed by atoms with Gasteiger partial charge in [0.25, 0.3) is 5.91 Å². The van der Waals surface area contributed by atoms with E-state index in [-0.39, 0.29) is 5.91 Å². The second-order valence-electron chi connectivity index (χ2n) is 5.18. The number of hydrogen-bond donors (Lipinski definition) is 1. The first-order chi connectivity index (χ1) is 10.6. The summed E-state index contributed by atoms with van der Waals surface area (Å²) >= 11 is 1.37. The minimum atomic E-state index is -0.0992. The van der Waals surface area contributed by atoms with E-state index < -0.39 is 0 Å². The lowest BCUT2D eigenvalue weighted by Crippen LogP contribution is -2.19. The molecule has 1 fully saturated rings. The first kappa shape index (κ1) is 14.6. The molecule has 2 aromatic rings. The number of carbonyl (C=O) groups is 1. The van der Waals surface area contributed by atoms with Crippen LogP contribution in [-0.2, 0) is 4.79 Å². The highest BCUT2D eigenvalue weighted by atomic mass is 32.2. The van der Waals surface area contributed by atoms with Gasteiger partial charge in [-0.1, -0.05) is 48.0 Å². The van der Waals surface area contributed by atoms with Gasteiger partial charge in [0.2, 0.25) is 0 Å². The highest BCUT2D eigenvalue weighted by Crippen LogP contribution is 2.28. The molecule has 2 aromatic carbocycles. The molecule has 4 heteroatoms. The number of hydrogen-bond acceptors (Lipinski definition) is 3. The molecule has 0 aliphatic carbocycles. The van der Waals surface area contributed by atoms with Gasteiger partial charge in [0.1, 0.15) is 0 Å². The molecule has 1 aliphatic rings. The highest BCUT2D eigenvalue weighted by molar-refractivity contribution is 8.18. The van der Waals surface area contributed by atoms with Gasteiger partial charge in [-0.2, -0.15) is 0 Å². The summed E-state index contributed by atoms with van der Waals surface area (Å²) in [7, 11) is 0. The van der Waals surface area contributed by atoms with Crippen molar-refractivity contribution in [3.05, 3.63) is 70.1 Å². The monoisotopic (exact) mass is 308 g/mol. The van der Waals surface area contributed by atoms with Crippen molar-refractivity contribution in [2.24, 2.45) is 4.99 Å². The van der Waals surface area contributed by atoms with E-state index in [0.29, 0.717) is 10.1 Å². The quantitative estimate of drug-likeness (QED) is 0.845. The molecule has 1 N–H and O–H groups in total. The minimum Gasteiger partial charge on any atom is -0.300 e. The summed E-state index contributed by atoms with van der Waals surface area (Å²) in [4.78, 5) is 17.2. The van der Waals surface area contributed by atoms with Gasteiger partial charge in [0.15, 0.2) is 5.17 Å². The van der Waals surface area contributed by atoms with Gasteiger partial charge >= 0.3 is 0 Å². The zero-order valence-corrected chi connectivity index (χ0v) is 13.3. The molecule has 110 valence electrons. The Hall–Kier alpha value is -2.33. The number of benzene rings is 2. The van der Waals surface area contributed by atoms with E-state index in [0.717, 1.165) is 16.8 Å². The molecule has 0 atom stereocenters. The zero-order chi connectivity index (χ0) is 15.5. The van der Waals surface area contributed by atoms with Crippen molar-refractivity contribution >= 4 is 34.6 Å². The summed E-state index contributed by atoms with van der Waals surface area (Å²) in [6, 6.07) is 15.9. The van der Waals surface area contributed by atoms with Crippen molar-refractivity contribution in [3.63, 3.8) is 0 Å². The number of nitrogens with zero attached hydrogens (tertiary/aromatic N) is 1. The van der Waals surface area contributed by atoms with Crippen LogP contribution in [0.5, 0.6) is 0 Å². The van der Waals surface area contributed by atoms with E-state index in [1.807, 2.05) is 68.5 Å². The molecule has 0 aromatic heterocycles. The summed E-state index contributed by atoms with van der Waals surface area (Å²) in [6.45, 7) is 4.05. The van der Waals surface area contributed by atoms with Gasteiger partial charge in [0.05, 0.1) is 10.6 Å². The second kappa shape index (κ2) is 6.20. The Kier molecular flexibility index (Phi) is 4.11. The average Bonchev–Trinajstić information content (AvgIpc) is 2.84. The molecule has 1 saturated heterocycles. The molecule has 3 nitrogen and oxygen atoms in total. The van der Waals surface area contributed by atoms with Gasteiger partial charge in [-0.15, -0.1) is 0 Å². The maximum Gasteiger partial charge on any atom is 0.264 e. The Labute approximate surface area is 134 Å². The molecule has 22 heavy (non-hydrogen) atoms. The second-order valence-corrected chi connectivity index (χ2v) is 6.21. The fraction of sp³-hybridized carbons (Fsp3) is 0.111. The first-order valence-electron chi connectivity index (χ1n) is 7.04. The smallest absolute Gasteiger partial charge is 0.264 e. The van der Waals surface area contributed by atoms with Gasteiger partial charge in [0, 0.05) is 0 Å². The third-order valence-corrected chi connectivity index (χ3v) is 4.27. The Morgan fingerprint density at radius 1 is 1.05 bits per heavy atom. The third-order valence-electron chi connectivity index (χ3n) is 3.36. The van der Waals surface area contributed by atoms with Crippen molar-refractivity contribution in [1.29, 1.82) is 0 Å². The summed E-state index contributed by atoms with van der Waals surface area (Å²) in [5.41, 5.74) is 4.18. The van der Waals surface area contributed by atoms with Crippen LogP contribution in [0, 0.1) is 13.8 Å². The molecule has 1 aliphatic heterocycles. The lowest BCUT2D eigenvalue weighted by Gasteiger charge is -1.99. The number of aryl methyl sites for hydroxylation is 2. The van der Waals surface area contributed by atoms with Gasteiger partial charge < -0.3 is 5.32 Å². The van der Waals surface area contributed by atoms with E-state index in [1.54, 1.807) is 0 Å². The predicted octanol–water partition coefficient (Wildman–Crippen LogP) is 4.20. The molecule has 0 saturated carbocycles. The number of rotatable bonds is 2. The summed E-state index contributed by atoms with van der Waals surface area (Å²) in [6.07, 6.45) is 1.89. The summed E-state index contributed by atoms with van der Waals surface area (Å²) in [5, 5.41) is 3.44. The van der Waals surface area contributed by atoms with Crippen LogP contribution in [-0.4, -0.2) is 11.1 Å². The standard InChI is InChI=1S/C18H16N2OS/c1-12-7-9-14(10-8-12)11-16-17(21)20-18(22-16)19-15-6-4-3-5-13(15)2/h3-11H,1-2H3,(H,19,20,21). The van der Waals surface area contributed by atoms with Crippen LogP contribution in [0.3, 0.4) is 0 Å². The topological polar surface area (TPSA) is 41.5 Å². The number of aliphatic imine (C=N–C) groups is 1. The zero-order valence-electron chi connectivity index (χ0n) is 12.5. The minimum absolute atomic E-state index is 0.0992. The van der Waals surface area contributed by atoms with Crippen LogP contribution in [0.4, 0.5) is 5.69 Å². The van der Waals surface area contributed by atoms with Gasteiger partial charge in [-0.25, -0.2) is 4.99 Å². The van der Waals surface area contributed by atoms with Crippen molar-refractivity contribution < 1.29 is 4.79 Å². The SMILES string of the molecule is Cc1ccc(C=C2SC(=Nc3ccccc3C)NC2=O)cc1. The molecule has 1 heterocycles. The Bertz CT molecular complexity index is 776. The van der Waals surface area contributed by atoms with Gasteiger partial charge in [-0.05, 0) is 48.9 Å². The van der Waals surface area contributed by atoms with Gasteiger partial charge in [-0.3, -0.25) is 4.79 Å². The third kappa shape index (κ3) is 3.28. The summed E-state index contributed by atoms with van der Waals surface area (Å²) in [5.74, 6) is -0.0992. The molecule has 0 unspecified atom stereocenters. The lowest BCUT2D eigenvalue weighted by atomic mass is 10.1. The Morgan fingerprint density at radius 3 is 2.50 bits per heavy atom. The van der Waals surface area contributed by atoms with Crippen LogP contribution in [0.2, 0.25) is 0 Å². The highest BCUT2D eigenvalue weighted by Gasteiger charge is 2.23. The van der Waals surface area contributed by atoms with E-state index in [9.17, 15) is 4.79 Å². The first-order valence-corrected chi connectivity index (χ1v) is 7.85. The van der Waals surface area contributed by atoms with Crippen LogP contribution in [0.1, 0.15) is 16.7 Å². The van der Waals surface area contributed by atoms with Crippen molar-refractivity contribution in [3.8, 4) is 0 Å². The van der Waals surface area contributed by atoms with E-state index in [1.165, 1.54) is 17.3 Å². The molecule has 1 amide bonds. The largest absolute Gasteiger partial charge is 0.300 e. The van der Waals surface area contributed by atoms with Crippen LogP contribution < -0.4 is 5.32 Å². The fourth-order valence-electron chi connectivity index (χ4n) is 2.09. The van der Waals surface area contributed by atoms with Crippen LogP contribution >= 0.6 is 11.8 Å². The normalized spacial score (nSPS) is 18.0. The average molecular weight is 308 g/mol. The molecule has 0 spiro atoms. The molecule has 0 radical (unpaired) electrons. The molecule has 0 bridgehead atoms. The Morgan fingerprint density at radius 2 is 1.77 bits per heavy atom. The van der Waals surface area contributed by atoms with Crippen LogP contribution in [0.25, 0.3) is 6.08 Å². The Balaban J connectivity index is 1.84. The van der Waals surface area contributed by atoms with Crippen molar-refractivity contribution in [2.75, 3.05) is 0 Å². The molecular formula is C18H16N2OS. The van der Waals surface area contributed by atoms with E-state index >= 15 is 0 Å². The van der Waals surface area contributed by atoms with E-state index in [2.05, 4.69) is 10.3 Å². The number of carbonyl (C=O) groups excluding carboxylic acids is 1. The van der Waals surface area contributed by atoms with Crippen molar-refractivity contribution in [1.82, 2.24) is 5.32 Å². The fourth-order valence-corrected chi connectivity index (χ4v) is 2.93. The van der Waals surface area contributed by atoms with E-state index in [4.69, 9.17) is 0 Å². The maximum absolute atomic E-state index is 12.1. The van der Waals surface area contributed by atoms with Crippen molar-refractivity contribution in [2.45, 2.75) is 13.8 Å². The number of amides is 1. The molecular weight excluding hydrogens is 292 g/mol. The predicted molar refractivity (Wildman–Crippen MR) is 93.2 cm³/mol. The number of nitrogens with one attached hydrogen (secondary N) is 1. The lowest BCUT2D eigenvalue weighted by molar-refractivity contribution is -0.115. The number of thioether (sulfide) groups is 1. The number of para-hydroxylation sites is 1. The molecule has 3 rings (SSSR count). The maximum atomic E-state index is 12.1. The number of amidine groups is 1.